The van der Waals surface area contributed by atoms with Crippen molar-refractivity contribution in [1.82, 2.24) is 5.32 Å². The second kappa shape index (κ2) is 6.59. The van der Waals surface area contributed by atoms with E-state index in [1.165, 1.54) is 10.4 Å². The third-order valence-corrected chi connectivity index (χ3v) is 7.21. The molecule has 4 rings (SSSR count). The fourth-order valence-electron chi connectivity index (χ4n) is 3.57. The summed E-state index contributed by atoms with van der Waals surface area (Å²) in [7, 11) is 1.63. The molecule has 1 aliphatic carbocycles. The van der Waals surface area contributed by atoms with Gasteiger partial charge in [0.15, 0.2) is 0 Å². The van der Waals surface area contributed by atoms with Gasteiger partial charge in [-0.15, -0.1) is 11.3 Å². The number of anilines is 1. The standard InChI is InChI=1S/C18H18Br2N2O2S/c1-8-3-4-10-13(5-8)25-18-14(10)17(23)21-16(22-18)9-6-11(19)15(24-2)12(20)7-9/h6-8,16,22H,3-5H2,1-2H3,(H,21,23)/t8-,16-/m1/s1. The highest BCUT2D eigenvalue weighted by atomic mass is 79.9. The van der Waals surface area contributed by atoms with Crippen molar-refractivity contribution >= 4 is 54.1 Å². The summed E-state index contributed by atoms with van der Waals surface area (Å²) >= 11 is 8.80. The maximum atomic E-state index is 12.8. The fraction of sp³-hybridized carbons (Fsp3) is 0.389. The quantitative estimate of drug-likeness (QED) is 0.609. The minimum atomic E-state index is -0.254. The SMILES string of the molecule is COc1c(Br)cc([C@@H]2NC(=O)c3c(sc4c3CC[C@@H](C)C4)N2)cc1Br. The van der Waals surface area contributed by atoms with E-state index in [2.05, 4.69) is 49.4 Å². The number of ether oxygens (including phenoxy) is 1. The second-order valence-corrected chi connectivity index (χ2v) is 9.44. The van der Waals surface area contributed by atoms with Gasteiger partial charge in [-0.05, 0) is 80.3 Å². The molecule has 0 saturated heterocycles. The van der Waals surface area contributed by atoms with E-state index in [9.17, 15) is 4.79 Å². The molecule has 1 amide bonds. The number of benzene rings is 1. The van der Waals surface area contributed by atoms with Gasteiger partial charge in [0, 0.05) is 4.88 Å². The lowest BCUT2D eigenvalue weighted by molar-refractivity contribution is 0.0935. The van der Waals surface area contributed by atoms with Crippen LogP contribution in [0.1, 0.15) is 45.9 Å². The largest absolute Gasteiger partial charge is 0.494 e. The molecule has 2 aromatic rings. The molecule has 0 saturated carbocycles. The van der Waals surface area contributed by atoms with Crippen LogP contribution in [0.25, 0.3) is 0 Å². The molecule has 7 heteroatoms. The lowest BCUT2D eigenvalue weighted by Gasteiger charge is -2.27. The molecular formula is C18H18Br2N2O2S. The number of hydrogen-bond acceptors (Lipinski definition) is 4. The Morgan fingerprint density at radius 2 is 1.96 bits per heavy atom. The van der Waals surface area contributed by atoms with E-state index >= 15 is 0 Å². The van der Waals surface area contributed by atoms with Crippen molar-refractivity contribution in [2.45, 2.75) is 32.4 Å². The molecule has 2 heterocycles. The highest BCUT2D eigenvalue weighted by molar-refractivity contribution is 9.11. The molecule has 1 aromatic heterocycles. The molecular weight excluding hydrogens is 468 g/mol. The minimum Gasteiger partial charge on any atom is -0.494 e. The topological polar surface area (TPSA) is 50.4 Å². The van der Waals surface area contributed by atoms with E-state index in [1.54, 1.807) is 18.4 Å². The Balaban J connectivity index is 1.69. The van der Waals surface area contributed by atoms with Gasteiger partial charge in [-0.3, -0.25) is 4.79 Å². The van der Waals surface area contributed by atoms with Crippen LogP contribution < -0.4 is 15.4 Å². The number of hydrogen-bond donors (Lipinski definition) is 2. The molecule has 2 aliphatic rings. The predicted octanol–water partition coefficient (Wildman–Crippen LogP) is 5.26. The van der Waals surface area contributed by atoms with Crippen LogP contribution >= 0.6 is 43.2 Å². The van der Waals surface area contributed by atoms with Gasteiger partial charge in [0.05, 0.1) is 21.6 Å². The Hall–Kier alpha value is -1.05. The van der Waals surface area contributed by atoms with E-state index in [-0.39, 0.29) is 12.1 Å². The molecule has 0 unspecified atom stereocenters. The first-order chi connectivity index (χ1) is 12.0. The first-order valence-corrected chi connectivity index (χ1v) is 10.6. The van der Waals surface area contributed by atoms with Crippen molar-refractivity contribution in [3.8, 4) is 5.75 Å². The zero-order chi connectivity index (χ0) is 17.7. The zero-order valence-electron chi connectivity index (χ0n) is 13.9. The zero-order valence-corrected chi connectivity index (χ0v) is 17.9. The number of amides is 1. The first-order valence-electron chi connectivity index (χ1n) is 8.22. The molecule has 25 heavy (non-hydrogen) atoms. The second-order valence-electron chi connectivity index (χ2n) is 6.62. The van der Waals surface area contributed by atoms with Crippen LogP contribution in [-0.4, -0.2) is 13.0 Å². The molecule has 132 valence electrons. The molecule has 2 atom stereocenters. The molecule has 0 spiro atoms. The van der Waals surface area contributed by atoms with Crippen LogP contribution in [0.5, 0.6) is 5.75 Å². The van der Waals surface area contributed by atoms with Crippen molar-refractivity contribution in [2.75, 3.05) is 12.4 Å². The average Bonchev–Trinajstić information content (AvgIpc) is 2.92. The van der Waals surface area contributed by atoms with Gasteiger partial charge in [0.25, 0.3) is 5.91 Å². The highest BCUT2D eigenvalue weighted by Crippen LogP contribution is 2.43. The van der Waals surface area contributed by atoms with E-state index in [0.717, 1.165) is 50.1 Å². The van der Waals surface area contributed by atoms with Gasteiger partial charge in [0.1, 0.15) is 16.9 Å². The molecule has 0 bridgehead atoms. The van der Waals surface area contributed by atoms with Crippen molar-refractivity contribution in [3.05, 3.63) is 42.6 Å². The summed E-state index contributed by atoms with van der Waals surface area (Å²) in [4.78, 5) is 14.1. The summed E-state index contributed by atoms with van der Waals surface area (Å²) in [5.74, 6) is 1.46. The Morgan fingerprint density at radius 3 is 2.64 bits per heavy atom. The van der Waals surface area contributed by atoms with Gasteiger partial charge >= 0.3 is 0 Å². The van der Waals surface area contributed by atoms with Crippen molar-refractivity contribution < 1.29 is 9.53 Å². The molecule has 0 fully saturated rings. The number of halogens is 2. The number of nitrogens with one attached hydrogen (secondary N) is 2. The van der Waals surface area contributed by atoms with Crippen molar-refractivity contribution in [2.24, 2.45) is 5.92 Å². The lowest BCUT2D eigenvalue weighted by Crippen LogP contribution is -2.38. The van der Waals surface area contributed by atoms with Crippen molar-refractivity contribution in [3.63, 3.8) is 0 Å². The van der Waals surface area contributed by atoms with Gasteiger partial charge in [0.2, 0.25) is 0 Å². The van der Waals surface area contributed by atoms with Gasteiger partial charge in [-0.25, -0.2) is 0 Å². The summed E-state index contributed by atoms with van der Waals surface area (Å²) < 4.78 is 7.06. The van der Waals surface area contributed by atoms with E-state index in [4.69, 9.17) is 4.74 Å². The maximum Gasteiger partial charge on any atom is 0.256 e. The smallest absolute Gasteiger partial charge is 0.256 e. The van der Waals surface area contributed by atoms with Gasteiger partial charge in [-0.1, -0.05) is 6.92 Å². The predicted molar refractivity (Wildman–Crippen MR) is 108 cm³/mol. The van der Waals surface area contributed by atoms with Crippen LogP contribution in [0.3, 0.4) is 0 Å². The maximum absolute atomic E-state index is 12.8. The van der Waals surface area contributed by atoms with Crippen LogP contribution in [-0.2, 0) is 12.8 Å². The average molecular weight is 486 g/mol. The van der Waals surface area contributed by atoms with E-state index < -0.39 is 0 Å². The van der Waals surface area contributed by atoms with E-state index in [0.29, 0.717) is 5.92 Å². The first kappa shape index (κ1) is 17.4. The minimum absolute atomic E-state index is 0.0221. The van der Waals surface area contributed by atoms with Crippen molar-refractivity contribution in [1.29, 1.82) is 0 Å². The molecule has 1 aromatic carbocycles. The summed E-state index contributed by atoms with van der Waals surface area (Å²) in [5, 5.41) is 7.61. The Morgan fingerprint density at radius 1 is 1.24 bits per heavy atom. The third kappa shape index (κ3) is 3.00. The lowest BCUT2D eigenvalue weighted by atomic mass is 9.88. The van der Waals surface area contributed by atoms with Crippen LogP contribution in [0.2, 0.25) is 0 Å². The molecule has 0 radical (unpaired) electrons. The summed E-state index contributed by atoms with van der Waals surface area (Å²) in [5.41, 5.74) is 3.08. The summed E-state index contributed by atoms with van der Waals surface area (Å²) in [6.45, 7) is 2.28. The number of thiophene rings is 1. The summed E-state index contributed by atoms with van der Waals surface area (Å²) in [6, 6.07) is 3.95. The Labute approximate surface area is 167 Å². The van der Waals surface area contributed by atoms with Gasteiger partial charge < -0.3 is 15.4 Å². The number of fused-ring (bicyclic) bond motifs is 3. The normalized spacial score (nSPS) is 21.8. The Bertz CT molecular complexity index is 842. The highest BCUT2D eigenvalue weighted by Gasteiger charge is 2.33. The van der Waals surface area contributed by atoms with Crippen LogP contribution in [0.4, 0.5) is 5.00 Å². The number of rotatable bonds is 2. The summed E-state index contributed by atoms with van der Waals surface area (Å²) in [6.07, 6.45) is 2.98. The monoisotopic (exact) mass is 484 g/mol. The third-order valence-electron chi connectivity index (χ3n) is 4.85. The van der Waals surface area contributed by atoms with Crippen LogP contribution in [0, 0.1) is 5.92 Å². The Kier molecular flexibility index (Phi) is 4.58. The molecule has 1 aliphatic heterocycles. The van der Waals surface area contributed by atoms with E-state index in [1.807, 2.05) is 12.1 Å². The van der Waals surface area contributed by atoms with Crippen LogP contribution in [0.15, 0.2) is 21.1 Å². The fourth-order valence-corrected chi connectivity index (χ4v) is 6.55. The number of carbonyl (C=O) groups excluding carboxylic acids is 1. The van der Waals surface area contributed by atoms with Gasteiger partial charge in [-0.2, -0.15) is 0 Å². The molecule has 2 N–H and O–H groups in total. The number of carbonyl (C=O) groups is 1. The number of methoxy groups -OCH3 is 1. The molecule has 4 nitrogen and oxygen atoms in total.